The average Bonchev–Trinajstić information content (AvgIpc) is 2.98. The van der Waals surface area contributed by atoms with Crippen LogP contribution < -0.4 is 0 Å². The van der Waals surface area contributed by atoms with Crippen LogP contribution in [-0.2, 0) is 0 Å². The van der Waals surface area contributed by atoms with Gasteiger partial charge in [-0.1, -0.05) is 54.0 Å². The van der Waals surface area contributed by atoms with E-state index in [1.165, 1.54) is 25.4 Å². The standard InChI is InChI=1S/C16H15BrS2/c1-10(2)11-3-5-12(6-4-11)16(17)15-9-14-13(19-15)7-8-18-14/h3-10,16H,1-2H3. The van der Waals surface area contributed by atoms with E-state index in [-0.39, 0.29) is 0 Å². The Morgan fingerprint density at radius 2 is 1.63 bits per heavy atom. The maximum Gasteiger partial charge on any atom is 0.0738 e. The largest absolute Gasteiger partial charge is 0.143 e. The van der Waals surface area contributed by atoms with Crippen molar-refractivity contribution in [3.63, 3.8) is 0 Å². The molecule has 1 atom stereocenters. The maximum atomic E-state index is 3.83. The summed E-state index contributed by atoms with van der Waals surface area (Å²) in [6.45, 7) is 4.46. The molecule has 3 aromatic rings. The Morgan fingerprint density at radius 3 is 2.26 bits per heavy atom. The van der Waals surface area contributed by atoms with Gasteiger partial charge in [-0.25, -0.2) is 0 Å². The summed E-state index contributed by atoms with van der Waals surface area (Å²) < 4.78 is 2.78. The van der Waals surface area contributed by atoms with Crippen molar-refractivity contribution in [1.82, 2.24) is 0 Å². The molecule has 0 radical (unpaired) electrons. The molecule has 0 saturated heterocycles. The van der Waals surface area contributed by atoms with E-state index in [1.807, 2.05) is 22.7 Å². The third-order valence-electron chi connectivity index (χ3n) is 3.30. The zero-order chi connectivity index (χ0) is 13.4. The highest BCUT2D eigenvalue weighted by Gasteiger charge is 2.14. The van der Waals surface area contributed by atoms with Crippen molar-refractivity contribution >= 4 is 48.0 Å². The third-order valence-corrected chi connectivity index (χ3v) is 6.79. The molecule has 0 aliphatic heterocycles. The Balaban J connectivity index is 1.90. The zero-order valence-corrected chi connectivity index (χ0v) is 14.1. The second kappa shape index (κ2) is 5.39. The normalized spacial score (nSPS) is 13.3. The number of halogens is 1. The van der Waals surface area contributed by atoms with Crippen LogP contribution in [0.5, 0.6) is 0 Å². The quantitative estimate of drug-likeness (QED) is 0.468. The first kappa shape index (κ1) is 13.3. The van der Waals surface area contributed by atoms with Crippen LogP contribution in [0.3, 0.4) is 0 Å². The summed E-state index contributed by atoms with van der Waals surface area (Å²) in [6.07, 6.45) is 0. The predicted octanol–water partition coefficient (Wildman–Crippen LogP) is 6.57. The minimum atomic E-state index is 0.304. The molecule has 0 aliphatic rings. The number of hydrogen-bond donors (Lipinski definition) is 0. The number of alkyl halides is 1. The Kier molecular flexibility index (Phi) is 3.79. The van der Waals surface area contributed by atoms with Crippen molar-refractivity contribution in [3.8, 4) is 0 Å². The minimum Gasteiger partial charge on any atom is -0.143 e. The van der Waals surface area contributed by atoms with Crippen LogP contribution in [0.1, 0.15) is 40.6 Å². The molecule has 19 heavy (non-hydrogen) atoms. The van der Waals surface area contributed by atoms with Crippen molar-refractivity contribution in [1.29, 1.82) is 0 Å². The number of benzene rings is 1. The molecule has 3 heteroatoms. The van der Waals surface area contributed by atoms with Crippen LogP contribution >= 0.6 is 38.6 Å². The average molecular weight is 351 g/mol. The molecule has 2 heterocycles. The summed E-state index contributed by atoms with van der Waals surface area (Å²) in [5.41, 5.74) is 2.73. The summed E-state index contributed by atoms with van der Waals surface area (Å²) in [5.74, 6) is 0.593. The van der Waals surface area contributed by atoms with Gasteiger partial charge in [0.15, 0.2) is 0 Å². The Bertz CT molecular complexity index is 648. The Labute approximate surface area is 130 Å². The van der Waals surface area contributed by atoms with Crippen LogP contribution in [0.2, 0.25) is 0 Å². The molecule has 98 valence electrons. The van der Waals surface area contributed by atoms with Crippen LogP contribution in [0.4, 0.5) is 0 Å². The van der Waals surface area contributed by atoms with Gasteiger partial charge < -0.3 is 0 Å². The minimum absolute atomic E-state index is 0.304. The van der Waals surface area contributed by atoms with Gasteiger partial charge >= 0.3 is 0 Å². The van der Waals surface area contributed by atoms with Gasteiger partial charge in [0, 0.05) is 14.3 Å². The SMILES string of the molecule is CC(C)c1ccc(C(Br)c2cc3sccc3s2)cc1. The lowest BCUT2D eigenvalue weighted by Gasteiger charge is -2.10. The molecule has 0 amide bonds. The molecule has 0 bridgehead atoms. The van der Waals surface area contributed by atoms with E-state index in [0.29, 0.717) is 10.7 Å². The number of fused-ring (bicyclic) bond motifs is 1. The number of thiophene rings is 2. The molecule has 0 aliphatic carbocycles. The lowest BCUT2D eigenvalue weighted by atomic mass is 10.0. The molecule has 2 aromatic heterocycles. The van der Waals surface area contributed by atoms with Gasteiger partial charge in [-0.15, -0.1) is 22.7 Å². The number of rotatable bonds is 3. The first-order valence-corrected chi connectivity index (χ1v) is 8.97. The van der Waals surface area contributed by atoms with Gasteiger partial charge in [-0.3, -0.25) is 0 Å². The summed E-state index contributed by atoms with van der Waals surface area (Å²) in [6, 6.07) is 13.5. The van der Waals surface area contributed by atoms with Crippen molar-refractivity contribution in [2.45, 2.75) is 24.6 Å². The topological polar surface area (TPSA) is 0 Å². The van der Waals surface area contributed by atoms with Crippen LogP contribution in [-0.4, -0.2) is 0 Å². The van der Waals surface area contributed by atoms with Gasteiger partial charge in [0.25, 0.3) is 0 Å². The van der Waals surface area contributed by atoms with Gasteiger partial charge in [0.05, 0.1) is 4.83 Å². The van der Waals surface area contributed by atoms with Gasteiger partial charge in [-0.05, 0) is 34.6 Å². The second-order valence-electron chi connectivity index (χ2n) is 4.98. The second-order valence-corrected chi connectivity index (χ2v) is 7.96. The smallest absolute Gasteiger partial charge is 0.0738 e. The molecule has 3 rings (SSSR count). The van der Waals surface area contributed by atoms with Gasteiger partial charge in [-0.2, -0.15) is 0 Å². The molecule has 1 aromatic carbocycles. The fourth-order valence-electron chi connectivity index (χ4n) is 2.12. The van der Waals surface area contributed by atoms with Crippen molar-refractivity contribution < 1.29 is 0 Å². The maximum absolute atomic E-state index is 3.83. The molecular formula is C16H15BrS2. The van der Waals surface area contributed by atoms with Crippen molar-refractivity contribution in [2.24, 2.45) is 0 Å². The first-order valence-electron chi connectivity index (χ1n) is 6.36. The summed E-state index contributed by atoms with van der Waals surface area (Å²) >= 11 is 7.53. The molecule has 0 N–H and O–H groups in total. The molecule has 0 nitrogen and oxygen atoms in total. The van der Waals surface area contributed by atoms with E-state index in [2.05, 4.69) is 71.6 Å². The van der Waals surface area contributed by atoms with Crippen LogP contribution in [0.15, 0.2) is 41.8 Å². The van der Waals surface area contributed by atoms with E-state index < -0.39 is 0 Å². The first-order chi connectivity index (χ1) is 9.15. The van der Waals surface area contributed by atoms with Gasteiger partial charge in [0.1, 0.15) is 0 Å². The number of hydrogen-bond acceptors (Lipinski definition) is 2. The summed E-state index contributed by atoms with van der Waals surface area (Å²) in [7, 11) is 0. The van der Waals surface area contributed by atoms with Crippen LogP contribution in [0.25, 0.3) is 9.40 Å². The van der Waals surface area contributed by atoms with E-state index in [0.717, 1.165) is 0 Å². The molecular weight excluding hydrogens is 336 g/mol. The fourth-order valence-corrected chi connectivity index (χ4v) is 4.97. The molecule has 0 spiro atoms. The van der Waals surface area contributed by atoms with E-state index in [9.17, 15) is 0 Å². The third kappa shape index (κ3) is 2.64. The van der Waals surface area contributed by atoms with Crippen molar-refractivity contribution in [2.75, 3.05) is 0 Å². The van der Waals surface area contributed by atoms with Crippen LogP contribution in [0, 0.1) is 0 Å². The molecule has 0 fully saturated rings. The Morgan fingerprint density at radius 1 is 0.947 bits per heavy atom. The van der Waals surface area contributed by atoms with E-state index in [1.54, 1.807) is 0 Å². The lowest BCUT2D eigenvalue weighted by Crippen LogP contribution is -1.92. The summed E-state index contributed by atoms with van der Waals surface area (Å²) in [5, 5.41) is 2.16. The van der Waals surface area contributed by atoms with Gasteiger partial charge in [0.2, 0.25) is 0 Å². The Hall–Kier alpha value is -0.640. The van der Waals surface area contributed by atoms with E-state index in [4.69, 9.17) is 0 Å². The fraction of sp³-hybridized carbons (Fsp3) is 0.250. The highest BCUT2D eigenvalue weighted by atomic mass is 79.9. The monoisotopic (exact) mass is 350 g/mol. The van der Waals surface area contributed by atoms with E-state index >= 15 is 0 Å². The zero-order valence-electron chi connectivity index (χ0n) is 10.9. The molecule has 0 saturated carbocycles. The highest BCUT2D eigenvalue weighted by molar-refractivity contribution is 9.09. The van der Waals surface area contributed by atoms with Crippen molar-refractivity contribution in [3.05, 3.63) is 57.8 Å². The predicted molar refractivity (Wildman–Crippen MR) is 91.0 cm³/mol. The highest BCUT2D eigenvalue weighted by Crippen LogP contribution is 2.40. The lowest BCUT2D eigenvalue weighted by molar-refractivity contribution is 0.865. The summed E-state index contributed by atoms with van der Waals surface area (Å²) in [4.78, 5) is 1.69. The molecule has 1 unspecified atom stereocenters.